The molecule has 0 saturated carbocycles. The van der Waals surface area contributed by atoms with Crippen LogP contribution in [0.1, 0.15) is 19.8 Å². The van der Waals surface area contributed by atoms with Crippen molar-refractivity contribution in [3.8, 4) is 10.6 Å². The molecule has 2 amide bonds. The van der Waals surface area contributed by atoms with Crippen LogP contribution in [-0.4, -0.2) is 28.8 Å². The molecule has 1 unspecified atom stereocenters. The van der Waals surface area contributed by atoms with Crippen LogP contribution in [0, 0.1) is 0 Å². The minimum atomic E-state index is -0.358. The summed E-state index contributed by atoms with van der Waals surface area (Å²) in [5.41, 5.74) is 1.76. The number of anilines is 1. The highest BCUT2D eigenvalue weighted by molar-refractivity contribution is 7.13. The van der Waals surface area contributed by atoms with Gasteiger partial charge in [0.25, 0.3) is 0 Å². The van der Waals surface area contributed by atoms with E-state index in [1.54, 1.807) is 17.5 Å². The maximum atomic E-state index is 11.7. The first-order chi connectivity index (χ1) is 10.2. The van der Waals surface area contributed by atoms with Crippen molar-refractivity contribution in [3.63, 3.8) is 0 Å². The topological polar surface area (TPSA) is 74.2 Å². The second-order valence-electron chi connectivity index (χ2n) is 4.65. The quantitative estimate of drug-likeness (QED) is 0.767. The van der Waals surface area contributed by atoms with Gasteiger partial charge in [-0.25, -0.2) is 9.78 Å². The summed E-state index contributed by atoms with van der Waals surface area (Å²) < 4.78 is 0. The average molecular weight is 305 g/mol. The van der Waals surface area contributed by atoms with Crippen LogP contribution in [-0.2, 0) is 0 Å². The minimum Gasteiger partial charge on any atom is -0.393 e. The average Bonchev–Trinajstić information content (AvgIpc) is 3.02. The molecule has 21 heavy (non-hydrogen) atoms. The third-order valence-corrected chi connectivity index (χ3v) is 3.88. The number of aromatic nitrogens is 1. The van der Waals surface area contributed by atoms with E-state index >= 15 is 0 Å². The fourth-order valence-corrected chi connectivity index (χ4v) is 2.44. The highest BCUT2D eigenvalue weighted by atomic mass is 32.1. The van der Waals surface area contributed by atoms with Crippen molar-refractivity contribution in [2.24, 2.45) is 0 Å². The predicted octanol–water partition coefficient (Wildman–Crippen LogP) is 3.09. The third-order valence-electron chi connectivity index (χ3n) is 3.06. The third kappa shape index (κ3) is 4.84. The van der Waals surface area contributed by atoms with Crippen LogP contribution in [0.3, 0.4) is 0 Å². The number of benzene rings is 1. The van der Waals surface area contributed by atoms with E-state index in [-0.39, 0.29) is 12.1 Å². The Balaban J connectivity index is 1.81. The van der Waals surface area contributed by atoms with Gasteiger partial charge < -0.3 is 15.7 Å². The summed E-state index contributed by atoms with van der Waals surface area (Å²) in [6, 6.07) is 7.28. The lowest BCUT2D eigenvalue weighted by atomic mass is 10.2. The summed E-state index contributed by atoms with van der Waals surface area (Å²) in [6.07, 6.45) is 2.67. The Kier molecular flexibility index (Phi) is 5.71. The zero-order chi connectivity index (χ0) is 15.1. The van der Waals surface area contributed by atoms with Gasteiger partial charge in [0, 0.05) is 29.4 Å². The molecule has 0 aliphatic carbocycles. The number of urea groups is 1. The van der Waals surface area contributed by atoms with E-state index in [2.05, 4.69) is 15.6 Å². The number of nitrogens with zero attached hydrogens (tertiary/aromatic N) is 1. The van der Waals surface area contributed by atoms with Crippen molar-refractivity contribution in [3.05, 3.63) is 35.8 Å². The number of thiazole rings is 1. The molecule has 0 radical (unpaired) electrons. The summed E-state index contributed by atoms with van der Waals surface area (Å²) in [5, 5.41) is 17.8. The number of aliphatic hydroxyl groups is 1. The number of nitrogens with one attached hydrogen (secondary N) is 2. The minimum absolute atomic E-state index is 0.264. The van der Waals surface area contributed by atoms with Gasteiger partial charge in [-0.15, -0.1) is 11.3 Å². The maximum absolute atomic E-state index is 11.7. The molecule has 0 aliphatic heterocycles. The number of hydrogen-bond donors (Lipinski definition) is 3. The molecule has 0 aliphatic rings. The maximum Gasteiger partial charge on any atom is 0.319 e. The molecule has 0 bridgehead atoms. The first-order valence-electron chi connectivity index (χ1n) is 6.92. The number of rotatable bonds is 6. The molecule has 5 nitrogen and oxygen atoms in total. The van der Waals surface area contributed by atoms with Crippen molar-refractivity contribution in [2.45, 2.75) is 25.9 Å². The van der Waals surface area contributed by atoms with Gasteiger partial charge in [0.05, 0.1) is 6.10 Å². The molecule has 1 atom stereocenters. The number of aliphatic hydroxyl groups excluding tert-OH is 1. The molecule has 6 heteroatoms. The normalized spacial score (nSPS) is 11.9. The highest BCUT2D eigenvalue weighted by Crippen LogP contribution is 2.23. The van der Waals surface area contributed by atoms with E-state index in [0.29, 0.717) is 19.4 Å². The van der Waals surface area contributed by atoms with Crippen molar-refractivity contribution < 1.29 is 9.90 Å². The van der Waals surface area contributed by atoms with E-state index in [0.717, 1.165) is 16.3 Å². The Bertz CT molecular complexity index is 555. The van der Waals surface area contributed by atoms with Gasteiger partial charge in [-0.3, -0.25) is 0 Å². The van der Waals surface area contributed by atoms with E-state index in [1.165, 1.54) is 0 Å². The van der Waals surface area contributed by atoms with Gasteiger partial charge in [-0.05, 0) is 37.1 Å². The second-order valence-corrected chi connectivity index (χ2v) is 5.54. The Morgan fingerprint density at radius 3 is 2.76 bits per heavy atom. The molecule has 1 aromatic carbocycles. The summed E-state index contributed by atoms with van der Waals surface area (Å²) in [6.45, 7) is 2.37. The first kappa shape index (κ1) is 15.5. The molecule has 0 spiro atoms. The molecule has 0 fully saturated rings. The second kappa shape index (κ2) is 7.75. The molecule has 0 saturated heterocycles. The number of amides is 2. The molecule has 2 rings (SSSR count). The van der Waals surface area contributed by atoms with Gasteiger partial charge >= 0.3 is 6.03 Å². The number of hydrogen-bond acceptors (Lipinski definition) is 4. The molecular formula is C15H19N3O2S. The van der Waals surface area contributed by atoms with Gasteiger partial charge in [0.2, 0.25) is 0 Å². The molecule has 2 aromatic rings. The lowest BCUT2D eigenvalue weighted by Crippen LogP contribution is -2.31. The van der Waals surface area contributed by atoms with Gasteiger partial charge in [0.15, 0.2) is 0 Å². The predicted molar refractivity (Wildman–Crippen MR) is 85.5 cm³/mol. The Hall–Kier alpha value is -1.92. The standard InChI is InChI=1S/C15H19N3O2S/c1-2-13(19)7-8-17-15(20)18-12-5-3-11(4-6-12)14-16-9-10-21-14/h3-6,9-10,13,19H,2,7-8H2,1H3,(H2,17,18,20). The zero-order valence-corrected chi connectivity index (χ0v) is 12.7. The van der Waals surface area contributed by atoms with Crippen LogP contribution >= 0.6 is 11.3 Å². The summed E-state index contributed by atoms with van der Waals surface area (Å²) in [7, 11) is 0. The van der Waals surface area contributed by atoms with Crippen LogP contribution in [0.2, 0.25) is 0 Å². The van der Waals surface area contributed by atoms with E-state index in [1.807, 2.05) is 36.6 Å². The Labute approximate surface area is 128 Å². The molecule has 1 heterocycles. The van der Waals surface area contributed by atoms with Crippen molar-refractivity contribution in [1.82, 2.24) is 10.3 Å². The zero-order valence-electron chi connectivity index (χ0n) is 11.9. The van der Waals surface area contributed by atoms with Gasteiger partial charge in [-0.1, -0.05) is 6.92 Å². The van der Waals surface area contributed by atoms with Crippen LogP contribution in [0.5, 0.6) is 0 Å². The Morgan fingerprint density at radius 1 is 1.38 bits per heavy atom. The van der Waals surface area contributed by atoms with Crippen molar-refractivity contribution in [1.29, 1.82) is 0 Å². The van der Waals surface area contributed by atoms with Crippen LogP contribution < -0.4 is 10.6 Å². The number of carbonyl (C=O) groups is 1. The van der Waals surface area contributed by atoms with Gasteiger partial charge in [0.1, 0.15) is 5.01 Å². The van der Waals surface area contributed by atoms with Crippen molar-refractivity contribution in [2.75, 3.05) is 11.9 Å². The summed E-state index contributed by atoms with van der Waals surface area (Å²) >= 11 is 1.58. The largest absolute Gasteiger partial charge is 0.393 e. The SMILES string of the molecule is CCC(O)CCNC(=O)Nc1ccc(-c2nccs2)cc1. The molecule has 1 aromatic heterocycles. The summed E-state index contributed by atoms with van der Waals surface area (Å²) in [4.78, 5) is 15.9. The van der Waals surface area contributed by atoms with Crippen LogP contribution in [0.15, 0.2) is 35.8 Å². The lowest BCUT2D eigenvalue weighted by Gasteiger charge is -2.10. The smallest absolute Gasteiger partial charge is 0.319 e. The van der Waals surface area contributed by atoms with E-state index < -0.39 is 0 Å². The van der Waals surface area contributed by atoms with E-state index in [9.17, 15) is 9.90 Å². The summed E-state index contributed by atoms with van der Waals surface area (Å²) in [5.74, 6) is 0. The number of carbonyl (C=O) groups excluding carboxylic acids is 1. The molecule has 3 N–H and O–H groups in total. The molecule has 112 valence electrons. The first-order valence-corrected chi connectivity index (χ1v) is 7.80. The highest BCUT2D eigenvalue weighted by Gasteiger charge is 2.05. The fourth-order valence-electron chi connectivity index (χ4n) is 1.79. The van der Waals surface area contributed by atoms with E-state index in [4.69, 9.17) is 0 Å². The lowest BCUT2D eigenvalue weighted by molar-refractivity contribution is 0.160. The van der Waals surface area contributed by atoms with Crippen molar-refractivity contribution >= 4 is 23.1 Å². The van der Waals surface area contributed by atoms with Gasteiger partial charge in [-0.2, -0.15) is 0 Å². The molecular weight excluding hydrogens is 286 g/mol. The monoisotopic (exact) mass is 305 g/mol. The fraction of sp³-hybridized carbons (Fsp3) is 0.333. The Morgan fingerprint density at radius 2 is 2.14 bits per heavy atom. The van der Waals surface area contributed by atoms with Crippen LogP contribution in [0.4, 0.5) is 10.5 Å². The van der Waals surface area contributed by atoms with Crippen LogP contribution in [0.25, 0.3) is 10.6 Å².